The summed E-state index contributed by atoms with van der Waals surface area (Å²) in [5.41, 5.74) is 0. The molecule has 0 aromatic rings. The minimum atomic E-state index is -0.482. The molecular formula is C18H33NO6. The third-order valence-electron chi connectivity index (χ3n) is 4.31. The number of likely N-dealkylation sites (N-methyl/N-ethyl adjacent to an activating group) is 1. The van der Waals surface area contributed by atoms with E-state index in [9.17, 15) is 4.79 Å². The summed E-state index contributed by atoms with van der Waals surface area (Å²) in [6, 6.07) is 0. The molecule has 0 aliphatic carbocycles. The topological polar surface area (TPSA) is 77.5 Å². The van der Waals surface area contributed by atoms with E-state index in [1.165, 1.54) is 19.1 Å². The molecule has 1 aliphatic heterocycles. The molecule has 0 radical (unpaired) electrons. The van der Waals surface area contributed by atoms with Crippen LogP contribution in [0, 0.1) is 11.8 Å². The van der Waals surface area contributed by atoms with Crippen LogP contribution in [0.2, 0.25) is 0 Å². The highest BCUT2D eigenvalue weighted by Crippen LogP contribution is 2.29. The lowest BCUT2D eigenvalue weighted by atomic mass is 9.90. The van der Waals surface area contributed by atoms with Crippen LogP contribution in [-0.4, -0.2) is 69.5 Å². The molecule has 0 bridgehead atoms. The smallest absolute Gasteiger partial charge is 0.288 e. The van der Waals surface area contributed by atoms with Crippen molar-refractivity contribution in [2.75, 3.05) is 41.0 Å². The number of nitrogens with zero attached hydrogens (tertiary/aromatic N) is 1. The number of amides is 1. The quantitative estimate of drug-likeness (QED) is 0.447. The Labute approximate surface area is 150 Å². The van der Waals surface area contributed by atoms with E-state index in [4.69, 9.17) is 24.1 Å². The Hall–Kier alpha value is -1.15. The van der Waals surface area contributed by atoms with E-state index in [-0.39, 0.29) is 18.4 Å². The van der Waals surface area contributed by atoms with Gasteiger partial charge in [0, 0.05) is 34.3 Å². The first-order valence-electron chi connectivity index (χ1n) is 8.84. The summed E-state index contributed by atoms with van der Waals surface area (Å²) < 4.78 is 21.8. The number of carbonyl (C=O) groups is 1. The van der Waals surface area contributed by atoms with Crippen molar-refractivity contribution < 1.29 is 28.8 Å². The third-order valence-corrected chi connectivity index (χ3v) is 4.31. The maximum absolute atomic E-state index is 12.7. The van der Waals surface area contributed by atoms with Crippen molar-refractivity contribution in [3.05, 3.63) is 11.8 Å². The minimum Gasteiger partial charge on any atom is -0.459 e. The standard InChI is InChI=1S/C18H33NO6/c1-13(2)14-10-15(18(21)19(3)12-17(22-4)23-5)25-16(11-14)24-9-7-6-8-20/h10,13-14,16-17,20H,6-9,11-12H2,1-5H3/t14-,16+/m0/s1. The Kier molecular flexibility index (Phi) is 10.0. The second-order valence-corrected chi connectivity index (χ2v) is 6.61. The Balaban J connectivity index is 2.71. The fraction of sp³-hybridized carbons (Fsp3) is 0.833. The Morgan fingerprint density at radius 3 is 2.60 bits per heavy atom. The van der Waals surface area contributed by atoms with Gasteiger partial charge in [-0.15, -0.1) is 0 Å². The van der Waals surface area contributed by atoms with Crippen LogP contribution in [0.25, 0.3) is 0 Å². The lowest BCUT2D eigenvalue weighted by Crippen LogP contribution is -2.39. The van der Waals surface area contributed by atoms with Crippen molar-refractivity contribution in [1.29, 1.82) is 0 Å². The number of hydrogen-bond acceptors (Lipinski definition) is 6. The number of allylic oxidation sites excluding steroid dienone is 1. The number of aliphatic hydroxyl groups excluding tert-OH is 1. The lowest BCUT2D eigenvalue weighted by Gasteiger charge is -2.32. The SMILES string of the molecule is COC(CN(C)C(=O)C1=C[C@H](C(C)C)C[C@H](OCCCCO)O1)OC. The zero-order chi connectivity index (χ0) is 18.8. The predicted octanol–water partition coefficient (Wildman–Crippen LogP) is 1.76. The third kappa shape index (κ3) is 7.32. The number of unbranched alkanes of at least 4 members (excludes halogenated alkanes) is 1. The van der Waals surface area contributed by atoms with Crippen LogP contribution in [0.1, 0.15) is 33.1 Å². The Morgan fingerprint density at radius 2 is 2.04 bits per heavy atom. The van der Waals surface area contributed by atoms with Crippen LogP contribution in [0.5, 0.6) is 0 Å². The average Bonchev–Trinajstić information content (AvgIpc) is 2.62. The van der Waals surface area contributed by atoms with E-state index in [1.807, 2.05) is 6.08 Å². The summed E-state index contributed by atoms with van der Waals surface area (Å²) in [5, 5.41) is 8.84. The zero-order valence-electron chi connectivity index (χ0n) is 16.1. The maximum atomic E-state index is 12.7. The van der Waals surface area contributed by atoms with Gasteiger partial charge in [0.1, 0.15) is 0 Å². The number of hydrogen-bond donors (Lipinski definition) is 1. The molecule has 1 N–H and O–H groups in total. The second-order valence-electron chi connectivity index (χ2n) is 6.61. The first-order valence-corrected chi connectivity index (χ1v) is 8.84. The van der Waals surface area contributed by atoms with Crippen LogP contribution in [-0.2, 0) is 23.7 Å². The molecule has 0 saturated heterocycles. The molecule has 7 nitrogen and oxygen atoms in total. The van der Waals surface area contributed by atoms with Gasteiger partial charge in [-0.05, 0) is 30.8 Å². The van der Waals surface area contributed by atoms with Crippen molar-refractivity contribution >= 4 is 5.91 Å². The highest BCUT2D eigenvalue weighted by atomic mass is 16.7. The highest BCUT2D eigenvalue weighted by molar-refractivity contribution is 5.91. The van der Waals surface area contributed by atoms with E-state index in [0.717, 1.165) is 12.8 Å². The summed E-state index contributed by atoms with van der Waals surface area (Å²) in [4.78, 5) is 14.2. The number of ether oxygens (including phenoxy) is 4. The monoisotopic (exact) mass is 359 g/mol. The molecule has 1 amide bonds. The zero-order valence-corrected chi connectivity index (χ0v) is 16.1. The second kappa shape index (κ2) is 11.5. The van der Waals surface area contributed by atoms with Crippen LogP contribution >= 0.6 is 0 Å². The number of carbonyl (C=O) groups excluding carboxylic acids is 1. The van der Waals surface area contributed by atoms with Gasteiger partial charge in [0.15, 0.2) is 12.0 Å². The van der Waals surface area contributed by atoms with Crippen molar-refractivity contribution in [3.63, 3.8) is 0 Å². The van der Waals surface area contributed by atoms with Crippen molar-refractivity contribution in [1.82, 2.24) is 4.90 Å². The maximum Gasteiger partial charge on any atom is 0.288 e. The Morgan fingerprint density at radius 1 is 1.36 bits per heavy atom. The van der Waals surface area contributed by atoms with E-state index >= 15 is 0 Å². The molecule has 25 heavy (non-hydrogen) atoms. The van der Waals surface area contributed by atoms with Crippen LogP contribution < -0.4 is 0 Å². The molecule has 146 valence electrons. The summed E-state index contributed by atoms with van der Waals surface area (Å²) in [5.74, 6) is 0.690. The molecule has 1 aliphatic rings. The number of rotatable bonds is 11. The molecule has 1 rings (SSSR count). The van der Waals surface area contributed by atoms with Gasteiger partial charge in [0.25, 0.3) is 5.91 Å². The molecule has 1 heterocycles. The first-order chi connectivity index (χ1) is 11.9. The average molecular weight is 359 g/mol. The van der Waals surface area contributed by atoms with E-state index in [2.05, 4.69) is 13.8 Å². The summed E-state index contributed by atoms with van der Waals surface area (Å²) >= 11 is 0. The van der Waals surface area contributed by atoms with Gasteiger partial charge >= 0.3 is 0 Å². The van der Waals surface area contributed by atoms with Crippen molar-refractivity contribution in [2.45, 2.75) is 45.7 Å². The van der Waals surface area contributed by atoms with E-state index in [0.29, 0.717) is 31.2 Å². The van der Waals surface area contributed by atoms with Gasteiger partial charge in [-0.25, -0.2) is 0 Å². The molecule has 0 unspecified atom stereocenters. The summed E-state index contributed by atoms with van der Waals surface area (Å²) in [7, 11) is 4.76. The molecule has 0 saturated carbocycles. The Bertz CT molecular complexity index is 422. The fourth-order valence-corrected chi connectivity index (χ4v) is 2.57. The molecule has 0 spiro atoms. The first kappa shape index (κ1) is 21.9. The lowest BCUT2D eigenvalue weighted by molar-refractivity contribution is -0.161. The van der Waals surface area contributed by atoms with Gasteiger partial charge < -0.3 is 29.0 Å². The van der Waals surface area contributed by atoms with Gasteiger partial charge in [-0.1, -0.05) is 13.8 Å². The van der Waals surface area contributed by atoms with Crippen molar-refractivity contribution in [3.8, 4) is 0 Å². The molecule has 0 fully saturated rings. The van der Waals surface area contributed by atoms with E-state index in [1.54, 1.807) is 7.05 Å². The summed E-state index contributed by atoms with van der Waals surface area (Å²) in [6.07, 6.45) is 3.15. The van der Waals surface area contributed by atoms with Gasteiger partial charge in [0.05, 0.1) is 13.2 Å². The van der Waals surface area contributed by atoms with Gasteiger partial charge in [0.2, 0.25) is 6.29 Å². The normalized spacial score (nSPS) is 20.6. The van der Waals surface area contributed by atoms with Crippen LogP contribution in [0.4, 0.5) is 0 Å². The van der Waals surface area contributed by atoms with Crippen LogP contribution in [0.15, 0.2) is 11.8 Å². The fourth-order valence-electron chi connectivity index (χ4n) is 2.57. The largest absolute Gasteiger partial charge is 0.459 e. The van der Waals surface area contributed by atoms with Crippen LogP contribution in [0.3, 0.4) is 0 Å². The number of aliphatic hydroxyl groups is 1. The van der Waals surface area contributed by atoms with Crippen molar-refractivity contribution in [2.24, 2.45) is 11.8 Å². The molecule has 0 aromatic heterocycles. The molecule has 2 atom stereocenters. The minimum absolute atomic E-state index is 0.151. The highest BCUT2D eigenvalue weighted by Gasteiger charge is 2.31. The van der Waals surface area contributed by atoms with Gasteiger partial charge in [-0.3, -0.25) is 4.79 Å². The summed E-state index contributed by atoms with van der Waals surface area (Å²) in [6.45, 7) is 5.20. The predicted molar refractivity (Wildman–Crippen MR) is 93.6 cm³/mol. The number of methoxy groups -OCH3 is 2. The molecule has 0 aromatic carbocycles. The van der Waals surface area contributed by atoms with Gasteiger partial charge in [-0.2, -0.15) is 0 Å². The van der Waals surface area contributed by atoms with E-state index < -0.39 is 12.6 Å². The molecule has 7 heteroatoms. The molecular weight excluding hydrogens is 326 g/mol.